The van der Waals surface area contributed by atoms with Crippen LogP contribution < -0.4 is 0 Å². The van der Waals surface area contributed by atoms with Crippen LogP contribution in [0, 0.1) is 0 Å². The Morgan fingerprint density at radius 2 is 1.60 bits per heavy atom. The molecule has 0 aromatic heterocycles. The summed E-state index contributed by atoms with van der Waals surface area (Å²) in [6.45, 7) is 0. The second-order valence-corrected chi connectivity index (χ2v) is 0.285. The average Bonchev–Trinajstić information content (AvgIpc) is 0.918. The molecule has 2 nitrogen and oxygen atoms in total. The molecule has 1 radical (unpaired) electrons. The molecule has 0 saturated heterocycles. The quantitative estimate of drug-likeness (QED) is 0.341. The summed E-state index contributed by atoms with van der Waals surface area (Å²) >= 11 is 2.20. The fraction of sp³-hybridized carbons (Fsp3) is 0. The van der Waals surface area contributed by atoms with E-state index in [2.05, 4.69) is 20.3 Å². The summed E-state index contributed by atoms with van der Waals surface area (Å²) in [5.41, 5.74) is 0. The van der Waals surface area contributed by atoms with E-state index in [-0.39, 0.29) is 33.3 Å². The van der Waals surface area contributed by atoms with Gasteiger partial charge in [-0.25, -0.2) is 0 Å². The van der Waals surface area contributed by atoms with Gasteiger partial charge in [-0.15, -0.1) is 0 Å². The molecule has 0 spiro atoms. The van der Waals surface area contributed by atoms with Gasteiger partial charge in [-0.2, -0.15) is 0 Å². The molecule has 5 heteroatoms. The number of hydrogen-bond donors (Lipinski definition) is 1. The van der Waals surface area contributed by atoms with Crippen molar-refractivity contribution in [1.82, 2.24) is 0 Å². The maximum Gasteiger partial charge on any atom is 0 e. The molecule has 0 aromatic rings. The Kier molecular flexibility index (Phi) is 58.0. The molecule has 0 atom stereocenters. The monoisotopic (exact) mass is 205 g/mol. The molecular formula is HCoMnNiO2. The van der Waals surface area contributed by atoms with Crippen LogP contribution in [0.1, 0.15) is 0 Å². The van der Waals surface area contributed by atoms with Crippen molar-refractivity contribution in [1.29, 1.82) is 0 Å². The van der Waals surface area contributed by atoms with Gasteiger partial charge >= 0.3 is 25.6 Å². The van der Waals surface area contributed by atoms with Crippen molar-refractivity contribution in [3.63, 3.8) is 0 Å². The van der Waals surface area contributed by atoms with Crippen LogP contribution >= 0.6 is 0 Å². The maximum atomic E-state index is 6.99. The predicted molar refractivity (Wildman–Crippen MR) is 3.71 cm³/mol. The summed E-state index contributed by atoms with van der Waals surface area (Å²) in [4.78, 5) is 0. The minimum absolute atomic E-state index is 0. The van der Waals surface area contributed by atoms with E-state index in [0.717, 1.165) is 0 Å². The van der Waals surface area contributed by atoms with Crippen LogP contribution in [-0.2, 0) is 53.6 Å². The Bertz CT molecular complexity index is 9.61. The van der Waals surface area contributed by atoms with Gasteiger partial charge in [0.05, 0.1) is 0 Å². The fourth-order valence-corrected chi connectivity index (χ4v) is 0. The molecule has 0 aliphatic rings. The first kappa shape index (κ1) is 16.1. The fourth-order valence-electron chi connectivity index (χ4n) is 0. The van der Waals surface area contributed by atoms with Crippen molar-refractivity contribution in [2.24, 2.45) is 0 Å². The van der Waals surface area contributed by atoms with Gasteiger partial charge in [0.15, 0.2) is 0 Å². The Morgan fingerprint density at radius 1 is 1.60 bits per heavy atom. The zero-order chi connectivity index (χ0) is 2.71. The standard InChI is InChI=1S/Co.Mn.Ni.H2O2/c;;;1-2/h;;;1-2H/q;+1;;/p-1. The molecule has 0 rings (SSSR count). The first-order valence-corrected chi connectivity index (χ1v) is 0.819. The van der Waals surface area contributed by atoms with Gasteiger partial charge in [0, 0.05) is 33.3 Å². The third-order valence-electron chi connectivity index (χ3n) is 0. The Hall–Kier alpha value is 1.44. The van der Waals surface area contributed by atoms with E-state index in [1.165, 1.54) is 0 Å². The molecule has 0 aliphatic carbocycles. The summed E-state index contributed by atoms with van der Waals surface area (Å²) in [7, 11) is 0. The third kappa shape index (κ3) is 31.1. The molecule has 0 bridgehead atoms. The topological polar surface area (TPSA) is 29.5 Å². The SMILES string of the molecule is O[O][Mn].[Co].[Ni]. The first-order valence-electron chi connectivity index (χ1n) is 0.337. The largest absolute Gasteiger partial charge is 0 e. The summed E-state index contributed by atoms with van der Waals surface area (Å²) in [5, 5.41) is 6.99. The Balaban J connectivity index is -0.0000000200. The summed E-state index contributed by atoms with van der Waals surface area (Å²) in [6, 6.07) is 0. The van der Waals surface area contributed by atoms with Crippen LogP contribution in [0.25, 0.3) is 0 Å². The van der Waals surface area contributed by atoms with Gasteiger partial charge in [0.25, 0.3) is 0 Å². The third-order valence-corrected chi connectivity index (χ3v) is 0. The van der Waals surface area contributed by atoms with Crippen LogP contribution in [0.2, 0.25) is 0 Å². The normalized spacial score (nSPS) is 3.60. The molecule has 0 heterocycles. The summed E-state index contributed by atoms with van der Waals surface area (Å²) in [5.74, 6) is 0. The minimum atomic E-state index is 0. The van der Waals surface area contributed by atoms with Crippen LogP contribution in [0.15, 0.2) is 0 Å². The maximum absolute atomic E-state index is 6.99. The van der Waals surface area contributed by atoms with E-state index < -0.39 is 0 Å². The summed E-state index contributed by atoms with van der Waals surface area (Å²) < 4.78 is 3.06. The molecule has 0 aliphatic heterocycles. The second kappa shape index (κ2) is 18.0. The zero-order valence-corrected chi connectivity index (χ0v) is 5.09. The van der Waals surface area contributed by atoms with Gasteiger partial charge in [-0.05, 0) is 0 Å². The van der Waals surface area contributed by atoms with Gasteiger partial charge in [-0.3, -0.25) is 0 Å². The average molecular weight is 206 g/mol. The second-order valence-electron chi connectivity index (χ2n) is 0.0690. The molecule has 0 unspecified atom stereocenters. The zero-order valence-electron chi connectivity index (χ0n) is 1.88. The van der Waals surface area contributed by atoms with Crippen molar-refractivity contribution >= 4 is 0 Å². The summed E-state index contributed by atoms with van der Waals surface area (Å²) in [6.07, 6.45) is 0. The molecule has 0 aromatic carbocycles. The molecular weight excluding hydrogens is 205 g/mol. The van der Waals surface area contributed by atoms with Gasteiger partial charge in [-0.1, -0.05) is 0 Å². The van der Waals surface area contributed by atoms with Crippen LogP contribution in [0.3, 0.4) is 0 Å². The Morgan fingerprint density at radius 3 is 1.60 bits per heavy atom. The van der Waals surface area contributed by atoms with Crippen LogP contribution in [-0.4, -0.2) is 5.26 Å². The van der Waals surface area contributed by atoms with Gasteiger partial charge < -0.3 is 0 Å². The van der Waals surface area contributed by atoms with E-state index in [9.17, 15) is 0 Å². The number of rotatable bonds is 0. The van der Waals surface area contributed by atoms with Crippen molar-refractivity contribution in [3.8, 4) is 0 Å². The van der Waals surface area contributed by atoms with Crippen molar-refractivity contribution < 1.29 is 58.8 Å². The van der Waals surface area contributed by atoms with E-state index >= 15 is 0 Å². The van der Waals surface area contributed by atoms with Crippen LogP contribution in [0.5, 0.6) is 0 Å². The van der Waals surface area contributed by atoms with Crippen molar-refractivity contribution in [3.05, 3.63) is 0 Å². The molecule has 0 amide bonds. The van der Waals surface area contributed by atoms with E-state index in [1.807, 2.05) is 0 Å². The molecule has 1 N–H and O–H groups in total. The Labute approximate surface area is 58.8 Å². The molecule has 5 heavy (non-hydrogen) atoms. The molecule has 0 saturated carbocycles. The van der Waals surface area contributed by atoms with Crippen LogP contribution in [0.4, 0.5) is 0 Å². The molecule has 39 valence electrons. The van der Waals surface area contributed by atoms with Crippen molar-refractivity contribution in [2.75, 3.05) is 0 Å². The van der Waals surface area contributed by atoms with Gasteiger partial charge in [0.1, 0.15) is 0 Å². The van der Waals surface area contributed by atoms with E-state index in [0.29, 0.717) is 0 Å². The minimum Gasteiger partial charge on any atom is 0 e. The smallest absolute Gasteiger partial charge is 0 e. The predicted octanol–water partition coefficient (Wildman–Crippen LogP) is -0.0672. The number of hydrogen-bond acceptors (Lipinski definition) is 2. The first-order chi connectivity index (χ1) is 1.41. The molecule has 0 fully saturated rings. The van der Waals surface area contributed by atoms with E-state index in [1.54, 1.807) is 0 Å². The van der Waals surface area contributed by atoms with Crippen molar-refractivity contribution in [2.45, 2.75) is 0 Å². The van der Waals surface area contributed by atoms with E-state index in [4.69, 9.17) is 5.26 Å². The van der Waals surface area contributed by atoms with Gasteiger partial charge in [0.2, 0.25) is 0 Å².